The average Bonchev–Trinajstić information content (AvgIpc) is 2.53. The van der Waals surface area contributed by atoms with Crippen LogP contribution in [0.15, 0.2) is 0 Å². The van der Waals surface area contributed by atoms with Gasteiger partial charge in [-0.2, -0.15) is 0 Å². The Bertz CT molecular complexity index is 237. The summed E-state index contributed by atoms with van der Waals surface area (Å²) < 4.78 is 0. The molecule has 22 heavy (non-hydrogen) atoms. The lowest BCUT2D eigenvalue weighted by molar-refractivity contribution is -0.125. The van der Waals surface area contributed by atoms with Crippen molar-refractivity contribution in [3.63, 3.8) is 0 Å². The van der Waals surface area contributed by atoms with Crippen molar-refractivity contribution in [3.8, 4) is 0 Å². The Labute approximate surface area is 137 Å². The second-order valence-electron chi connectivity index (χ2n) is 6.52. The molecule has 0 aromatic carbocycles. The first-order valence-corrected chi connectivity index (χ1v) is 9.50. The Morgan fingerprint density at radius 3 is 1.41 bits per heavy atom. The van der Waals surface area contributed by atoms with E-state index >= 15 is 0 Å². The number of unbranched alkanes of at least 4 members (excludes halogenated alkanes) is 12. The zero-order valence-electron chi connectivity index (χ0n) is 14.7. The van der Waals surface area contributed by atoms with Gasteiger partial charge in [-0.25, -0.2) is 0 Å². The van der Waals surface area contributed by atoms with Crippen LogP contribution in [0.25, 0.3) is 0 Å². The van der Waals surface area contributed by atoms with Crippen LogP contribution in [0.4, 0.5) is 0 Å². The van der Waals surface area contributed by atoms with Crippen molar-refractivity contribution < 1.29 is 15.0 Å². The number of carbonyl (C=O) groups excluding carboxylic acids is 1. The third-order valence-corrected chi connectivity index (χ3v) is 4.42. The summed E-state index contributed by atoms with van der Waals surface area (Å²) in [6.45, 7) is 1.80. The van der Waals surface area contributed by atoms with Crippen molar-refractivity contribution in [2.24, 2.45) is 5.92 Å². The van der Waals surface area contributed by atoms with Crippen LogP contribution in [0, 0.1) is 5.92 Å². The fraction of sp³-hybridized carbons (Fsp3) is 0.947. The van der Waals surface area contributed by atoms with E-state index < -0.39 is 5.92 Å². The van der Waals surface area contributed by atoms with Crippen LogP contribution in [-0.4, -0.2) is 29.2 Å². The molecule has 0 saturated heterocycles. The molecule has 0 atom stereocenters. The molecule has 0 aromatic heterocycles. The second kappa shape index (κ2) is 17.0. The van der Waals surface area contributed by atoms with Gasteiger partial charge in [0.1, 0.15) is 5.78 Å². The number of Topliss-reactive ketones (excluding diaryl/α,β-unsaturated/α-hetero) is 1. The topological polar surface area (TPSA) is 57.5 Å². The van der Waals surface area contributed by atoms with Crippen LogP contribution in [0.2, 0.25) is 0 Å². The predicted molar refractivity (Wildman–Crippen MR) is 93.0 cm³/mol. The molecule has 0 unspecified atom stereocenters. The molecule has 0 bridgehead atoms. The molecule has 3 nitrogen and oxygen atoms in total. The van der Waals surface area contributed by atoms with Crippen LogP contribution in [0.5, 0.6) is 0 Å². The number of aliphatic hydroxyl groups is 2. The van der Waals surface area contributed by atoms with E-state index in [0.717, 1.165) is 12.8 Å². The van der Waals surface area contributed by atoms with E-state index in [1.807, 2.05) is 0 Å². The van der Waals surface area contributed by atoms with E-state index in [4.69, 9.17) is 10.2 Å². The number of ketones is 1. The molecule has 0 fully saturated rings. The molecule has 0 aromatic rings. The van der Waals surface area contributed by atoms with Gasteiger partial charge in [0.2, 0.25) is 0 Å². The minimum Gasteiger partial charge on any atom is -0.396 e. The fourth-order valence-electron chi connectivity index (χ4n) is 2.78. The Kier molecular flexibility index (Phi) is 16.6. The first kappa shape index (κ1) is 21.6. The normalized spacial score (nSPS) is 11.3. The van der Waals surface area contributed by atoms with Gasteiger partial charge in [0.05, 0.1) is 19.1 Å². The van der Waals surface area contributed by atoms with Crippen molar-refractivity contribution in [2.45, 2.75) is 96.8 Å². The number of carbonyl (C=O) groups is 1. The van der Waals surface area contributed by atoms with Crippen LogP contribution in [-0.2, 0) is 4.79 Å². The molecule has 2 N–H and O–H groups in total. The maximum Gasteiger partial charge on any atom is 0.140 e. The van der Waals surface area contributed by atoms with Gasteiger partial charge in [-0.05, 0) is 6.42 Å². The van der Waals surface area contributed by atoms with Gasteiger partial charge < -0.3 is 10.2 Å². The lowest BCUT2D eigenvalue weighted by atomic mass is 9.99. The third kappa shape index (κ3) is 13.3. The molecule has 0 rings (SSSR count). The number of hydrogen-bond acceptors (Lipinski definition) is 3. The van der Waals surface area contributed by atoms with Gasteiger partial charge in [-0.15, -0.1) is 0 Å². The van der Waals surface area contributed by atoms with Gasteiger partial charge >= 0.3 is 0 Å². The molecule has 0 spiro atoms. The van der Waals surface area contributed by atoms with Gasteiger partial charge in [0.25, 0.3) is 0 Å². The molecule has 0 aliphatic carbocycles. The SMILES string of the molecule is CCCCCCCCCCCCCCCC(=O)C(CO)CO. The number of aliphatic hydroxyl groups excluding tert-OH is 2. The molecular weight excluding hydrogens is 276 g/mol. The lowest BCUT2D eigenvalue weighted by Crippen LogP contribution is -2.21. The minimum atomic E-state index is -0.558. The van der Waals surface area contributed by atoms with Gasteiger partial charge in [0, 0.05) is 6.42 Å². The van der Waals surface area contributed by atoms with Crippen molar-refractivity contribution in [1.82, 2.24) is 0 Å². The predicted octanol–water partition coefficient (Wildman–Crippen LogP) is 4.64. The monoisotopic (exact) mass is 314 g/mol. The zero-order valence-corrected chi connectivity index (χ0v) is 14.7. The zero-order chi connectivity index (χ0) is 16.5. The highest BCUT2D eigenvalue weighted by Gasteiger charge is 2.15. The van der Waals surface area contributed by atoms with Crippen LogP contribution in [0.1, 0.15) is 96.8 Å². The van der Waals surface area contributed by atoms with Gasteiger partial charge in [0.15, 0.2) is 0 Å². The van der Waals surface area contributed by atoms with Crippen LogP contribution < -0.4 is 0 Å². The standard InChI is InChI=1S/C19H38O3/c1-2-3-4-5-6-7-8-9-10-11-12-13-14-15-19(22)18(16-20)17-21/h18,20-21H,2-17H2,1H3. The fourth-order valence-corrected chi connectivity index (χ4v) is 2.78. The molecular formula is C19H38O3. The summed E-state index contributed by atoms with van der Waals surface area (Å²) in [5, 5.41) is 17.8. The summed E-state index contributed by atoms with van der Waals surface area (Å²) in [5.74, 6) is -0.551. The summed E-state index contributed by atoms with van der Waals surface area (Å²) in [4.78, 5) is 11.6. The second-order valence-corrected chi connectivity index (χ2v) is 6.52. The Balaban J connectivity index is 3.19. The first-order chi connectivity index (χ1) is 10.8. The van der Waals surface area contributed by atoms with E-state index in [9.17, 15) is 4.79 Å². The maximum atomic E-state index is 11.6. The first-order valence-electron chi connectivity index (χ1n) is 9.50. The van der Waals surface area contributed by atoms with Crippen LogP contribution >= 0.6 is 0 Å². The third-order valence-electron chi connectivity index (χ3n) is 4.42. The summed E-state index contributed by atoms with van der Waals surface area (Å²) in [6.07, 6.45) is 17.3. The molecule has 3 heteroatoms. The molecule has 0 radical (unpaired) electrons. The molecule has 0 heterocycles. The van der Waals surface area contributed by atoms with Crippen molar-refractivity contribution >= 4 is 5.78 Å². The highest BCUT2D eigenvalue weighted by molar-refractivity contribution is 5.81. The maximum absolute atomic E-state index is 11.6. The number of hydrogen-bond donors (Lipinski definition) is 2. The highest BCUT2D eigenvalue weighted by Crippen LogP contribution is 2.13. The van der Waals surface area contributed by atoms with E-state index in [1.54, 1.807) is 0 Å². The molecule has 0 aliphatic heterocycles. The summed E-state index contributed by atoms with van der Waals surface area (Å²) in [7, 11) is 0. The average molecular weight is 315 g/mol. The lowest BCUT2D eigenvalue weighted by Gasteiger charge is -2.09. The molecule has 0 saturated carbocycles. The Morgan fingerprint density at radius 2 is 1.05 bits per heavy atom. The summed E-state index contributed by atoms with van der Waals surface area (Å²) in [5.41, 5.74) is 0. The molecule has 0 amide bonds. The smallest absolute Gasteiger partial charge is 0.140 e. The quantitative estimate of drug-likeness (QED) is 0.385. The van der Waals surface area contributed by atoms with Gasteiger partial charge in [-0.3, -0.25) is 4.79 Å². The van der Waals surface area contributed by atoms with E-state index in [2.05, 4.69) is 6.92 Å². The largest absolute Gasteiger partial charge is 0.396 e. The van der Waals surface area contributed by atoms with Crippen molar-refractivity contribution in [3.05, 3.63) is 0 Å². The summed E-state index contributed by atoms with van der Waals surface area (Å²) in [6, 6.07) is 0. The highest BCUT2D eigenvalue weighted by atomic mass is 16.3. The number of rotatable bonds is 17. The Morgan fingerprint density at radius 1 is 0.682 bits per heavy atom. The van der Waals surface area contributed by atoms with Crippen molar-refractivity contribution in [1.29, 1.82) is 0 Å². The Hall–Kier alpha value is -0.410. The van der Waals surface area contributed by atoms with E-state index in [1.165, 1.54) is 70.6 Å². The minimum absolute atomic E-state index is 0.00748. The van der Waals surface area contributed by atoms with Crippen LogP contribution in [0.3, 0.4) is 0 Å². The van der Waals surface area contributed by atoms with Crippen molar-refractivity contribution in [2.75, 3.05) is 13.2 Å². The summed E-state index contributed by atoms with van der Waals surface area (Å²) >= 11 is 0. The van der Waals surface area contributed by atoms with E-state index in [0.29, 0.717) is 6.42 Å². The molecule has 132 valence electrons. The van der Waals surface area contributed by atoms with E-state index in [-0.39, 0.29) is 19.0 Å². The molecule has 0 aliphatic rings. The van der Waals surface area contributed by atoms with Gasteiger partial charge in [-0.1, -0.05) is 84.0 Å².